The van der Waals surface area contributed by atoms with Gasteiger partial charge in [0.2, 0.25) is 5.91 Å². The van der Waals surface area contributed by atoms with Crippen LogP contribution in [0.5, 0.6) is 0 Å². The second-order valence-electron chi connectivity index (χ2n) is 11.5. The van der Waals surface area contributed by atoms with E-state index in [1.165, 1.54) is 17.7 Å². The smallest absolute Gasteiger partial charge is 0.235 e. The molecular weight excluding hydrogens is 476 g/mol. The van der Waals surface area contributed by atoms with Gasteiger partial charge in [0.15, 0.2) is 5.78 Å². The maximum Gasteiger partial charge on any atom is 0.235 e. The largest absolute Gasteiger partial charge is 0.386 e. The zero-order valence-corrected chi connectivity index (χ0v) is 22.5. The molecule has 2 aromatic rings. The minimum Gasteiger partial charge on any atom is -0.386 e. The third-order valence-electron chi connectivity index (χ3n) is 9.03. The molecule has 0 bridgehead atoms. The van der Waals surface area contributed by atoms with E-state index in [1.54, 1.807) is 6.92 Å². The standard InChI is InChI=1S/C32H38N2O4/c1-18-8-7-9-23-15-19(2)21(4)29-26(16-22-17-33-25-11-6-5-10-24(22)25)34-31(38)32(23,29)28(36)13-12-27(35)30(37)20(3)14-18/h5-7,9-15,17-18,21,23,26-27,29-30,33,35,37H,8,16H2,1-4H3,(H,34,38)/b9-7+,13-12+,20-14-/t18-,21-,23+,26+,27+,29+,30+,32-/m1/s1. The lowest BCUT2D eigenvalue weighted by atomic mass is 9.55. The zero-order chi connectivity index (χ0) is 27.2. The highest BCUT2D eigenvalue weighted by Crippen LogP contribution is 2.54. The van der Waals surface area contributed by atoms with Crippen LogP contribution in [0.1, 0.15) is 39.7 Å². The first-order chi connectivity index (χ1) is 18.1. The van der Waals surface area contributed by atoms with Crippen molar-refractivity contribution in [2.24, 2.45) is 29.1 Å². The number of hydrogen-bond acceptors (Lipinski definition) is 4. The molecule has 1 fully saturated rings. The predicted molar refractivity (Wildman–Crippen MR) is 149 cm³/mol. The molecule has 0 radical (unpaired) electrons. The summed E-state index contributed by atoms with van der Waals surface area (Å²) in [6.07, 6.45) is 11.7. The van der Waals surface area contributed by atoms with E-state index < -0.39 is 23.5 Å². The van der Waals surface area contributed by atoms with Crippen LogP contribution in [0, 0.1) is 29.1 Å². The summed E-state index contributed by atoms with van der Waals surface area (Å²) < 4.78 is 0. The van der Waals surface area contributed by atoms with Crippen LogP contribution in [0.3, 0.4) is 0 Å². The Morgan fingerprint density at radius 2 is 1.79 bits per heavy atom. The lowest BCUT2D eigenvalue weighted by Gasteiger charge is -2.44. The Bertz CT molecular complexity index is 1360. The minimum atomic E-state index is -1.33. The number of ketones is 1. The fraction of sp³-hybridized carbons (Fsp3) is 0.438. The maximum atomic E-state index is 14.2. The van der Waals surface area contributed by atoms with Gasteiger partial charge >= 0.3 is 0 Å². The van der Waals surface area contributed by atoms with Gasteiger partial charge in [0.25, 0.3) is 0 Å². The topological polar surface area (TPSA) is 102 Å². The van der Waals surface area contributed by atoms with Crippen LogP contribution < -0.4 is 5.32 Å². The average molecular weight is 515 g/mol. The van der Waals surface area contributed by atoms with Gasteiger partial charge in [-0.2, -0.15) is 0 Å². The number of aliphatic hydroxyl groups is 2. The number of fused-ring (bicyclic) bond motifs is 1. The molecular formula is C32H38N2O4. The number of carbonyl (C=O) groups excluding carboxylic acids is 2. The van der Waals surface area contributed by atoms with Crippen LogP contribution in [-0.2, 0) is 16.0 Å². The number of benzene rings is 1. The van der Waals surface area contributed by atoms with Gasteiger partial charge in [0, 0.05) is 35.0 Å². The van der Waals surface area contributed by atoms with Gasteiger partial charge in [-0.1, -0.05) is 61.9 Å². The molecule has 4 N–H and O–H groups in total. The van der Waals surface area contributed by atoms with E-state index in [0.717, 1.165) is 16.5 Å². The van der Waals surface area contributed by atoms with Gasteiger partial charge in [-0.25, -0.2) is 0 Å². The van der Waals surface area contributed by atoms with Crippen LogP contribution in [0.15, 0.2) is 78.1 Å². The number of para-hydroxylation sites is 1. The van der Waals surface area contributed by atoms with E-state index in [-0.39, 0.29) is 35.5 Å². The Hall–Kier alpha value is -3.22. The molecule has 8 atom stereocenters. The Morgan fingerprint density at radius 1 is 1.03 bits per heavy atom. The van der Waals surface area contributed by atoms with Crippen LogP contribution in [0.4, 0.5) is 0 Å². The molecule has 0 unspecified atom stereocenters. The lowest BCUT2D eigenvalue weighted by molar-refractivity contribution is -0.142. The van der Waals surface area contributed by atoms with Gasteiger partial charge in [0.1, 0.15) is 17.6 Å². The molecule has 38 heavy (non-hydrogen) atoms. The van der Waals surface area contributed by atoms with Crippen LogP contribution in [0.25, 0.3) is 10.9 Å². The first kappa shape index (κ1) is 26.4. The molecule has 1 aromatic heterocycles. The molecule has 0 saturated carbocycles. The number of nitrogens with one attached hydrogen (secondary N) is 2. The Morgan fingerprint density at radius 3 is 2.58 bits per heavy atom. The van der Waals surface area contributed by atoms with Crippen molar-refractivity contribution >= 4 is 22.6 Å². The molecule has 1 spiro atoms. The Kier molecular flexibility index (Phi) is 7.05. The SMILES string of the molecule is CC1=C[C@@H]2/C=C/C[C@@H](C)/C=C(/C)[C@H](O)[C@@H](O)/C=C/C(=O)[C@]23C(=O)N[C@@H](Cc2c[nH]c4ccccc24)[C@@H]3[C@@H]1C. The second-order valence-corrected chi connectivity index (χ2v) is 11.5. The van der Waals surface area contributed by atoms with E-state index in [4.69, 9.17) is 0 Å². The molecule has 5 rings (SSSR count). The molecule has 6 nitrogen and oxygen atoms in total. The summed E-state index contributed by atoms with van der Waals surface area (Å²) in [4.78, 5) is 31.5. The first-order valence-corrected chi connectivity index (χ1v) is 13.6. The summed E-state index contributed by atoms with van der Waals surface area (Å²) in [5.41, 5.74) is 2.65. The molecule has 1 saturated heterocycles. The molecule has 3 aliphatic rings. The van der Waals surface area contributed by atoms with E-state index in [1.807, 2.05) is 36.5 Å². The highest BCUT2D eigenvalue weighted by atomic mass is 16.3. The number of allylic oxidation sites excluding steroid dienone is 6. The van der Waals surface area contributed by atoms with E-state index >= 15 is 0 Å². The van der Waals surface area contributed by atoms with Crippen LogP contribution >= 0.6 is 0 Å². The summed E-state index contributed by atoms with van der Waals surface area (Å²) in [5, 5.41) is 25.6. The van der Waals surface area contributed by atoms with Crippen molar-refractivity contribution in [3.63, 3.8) is 0 Å². The molecule has 1 aliphatic heterocycles. The van der Waals surface area contributed by atoms with Crippen molar-refractivity contribution in [3.05, 3.63) is 83.6 Å². The quantitative estimate of drug-likeness (QED) is 0.352. The number of rotatable bonds is 2. The number of aromatic nitrogens is 1. The van der Waals surface area contributed by atoms with Crippen molar-refractivity contribution < 1.29 is 19.8 Å². The highest BCUT2D eigenvalue weighted by molar-refractivity contribution is 6.13. The van der Waals surface area contributed by atoms with Gasteiger partial charge in [-0.3, -0.25) is 9.59 Å². The normalized spacial score (nSPS) is 38.9. The summed E-state index contributed by atoms with van der Waals surface area (Å²) >= 11 is 0. The Balaban J connectivity index is 1.61. The predicted octanol–water partition coefficient (Wildman–Crippen LogP) is 4.41. The first-order valence-electron chi connectivity index (χ1n) is 13.6. The van der Waals surface area contributed by atoms with E-state index in [2.05, 4.69) is 49.3 Å². The van der Waals surface area contributed by atoms with E-state index in [0.29, 0.717) is 18.4 Å². The minimum absolute atomic E-state index is 0.000174. The lowest BCUT2D eigenvalue weighted by Crippen LogP contribution is -2.52. The molecule has 2 aliphatic carbocycles. The van der Waals surface area contributed by atoms with Gasteiger partial charge in [0.05, 0.1) is 0 Å². The number of aliphatic hydroxyl groups excluding tert-OH is 2. The molecule has 1 amide bonds. The van der Waals surface area contributed by atoms with Crippen molar-refractivity contribution in [3.8, 4) is 0 Å². The summed E-state index contributed by atoms with van der Waals surface area (Å²) in [7, 11) is 0. The molecule has 2 heterocycles. The fourth-order valence-corrected chi connectivity index (χ4v) is 6.93. The fourth-order valence-electron chi connectivity index (χ4n) is 6.93. The van der Waals surface area contributed by atoms with Gasteiger partial charge < -0.3 is 20.5 Å². The summed E-state index contributed by atoms with van der Waals surface area (Å²) in [5.74, 6) is -1.15. The highest BCUT2D eigenvalue weighted by Gasteiger charge is 2.64. The molecule has 1 aromatic carbocycles. The number of H-pyrrole nitrogens is 1. The van der Waals surface area contributed by atoms with Crippen molar-refractivity contribution in [2.45, 2.75) is 58.8 Å². The molecule has 6 heteroatoms. The van der Waals surface area contributed by atoms with Crippen molar-refractivity contribution in [1.29, 1.82) is 0 Å². The third kappa shape index (κ3) is 4.30. The average Bonchev–Trinajstić information content (AvgIpc) is 3.43. The number of amides is 1. The number of carbonyl (C=O) groups is 2. The third-order valence-corrected chi connectivity index (χ3v) is 9.03. The monoisotopic (exact) mass is 514 g/mol. The number of hydrogen-bond donors (Lipinski definition) is 4. The van der Waals surface area contributed by atoms with Crippen molar-refractivity contribution in [2.75, 3.05) is 0 Å². The number of aromatic amines is 1. The summed E-state index contributed by atoms with van der Waals surface area (Å²) in [6.45, 7) is 8.03. The molecule has 200 valence electrons. The van der Waals surface area contributed by atoms with Gasteiger partial charge in [-0.05, 0) is 67.9 Å². The van der Waals surface area contributed by atoms with Crippen LogP contribution in [-0.4, -0.2) is 45.1 Å². The summed E-state index contributed by atoms with van der Waals surface area (Å²) in [6, 6.07) is 7.87. The van der Waals surface area contributed by atoms with E-state index in [9.17, 15) is 19.8 Å². The Labute approximate surface area is 224 Å². The van der Waals surface area contributed by atoms with Crippen LogP contribution in [0.2, 0.25) is 0 Å². The zero-order valence-electron chi connectivity index (χ0n) is 22.5. The maximum absolute atomic E-state index is 14.2. The van der Waals surface area contributed by atoms with Gasteiger partial charge in [-0.15, -0.1) is 0 Å². The second kappa shape index (κ2) is 10.2. The van der Waals surface area contributed by atoms with Crippen molar-refractivity contribution in [1.82, 2.24) is 10.3 Å².